The maximum absolute atomic E-state index is 12.2. The fourth-order valence-electron chi connectivity index (χ4n) is 1.29. The maximum atomic E-state index is 12.2. The number of thioether (sulfide) groups is 1. The molecule has 0 aliphatic heterocycles. The number of nitrogens with zero attached hydrogens (tertiary/aromatic N) is 3. The number of likely N-dealkylation sites (N-methyl/N-ethyl adjacent to an activating group) is 1. The van der Waals surface area contributed by atoms with Crippen LogP contribution in [0.15, 0.2) is 5.16 Å². The summed E-state index contributed by atoms with van der Waals surface area (Å²) < 4.78 is 37.3. The second-order valence-electron chi connectivity index (χ2n) is 4.90. The van der Waals surface area contributed by atoms with Crippen molar-refractivity contribution < 1.29 is 35.2 Å². The molecule has 112 valence electrons. The van der Waals surface area contributed by atoms with E-state index >= 15 is 0 Å². The summed E-state index contributed by atoms with van der Waals surface area (Å²) in [6.45, 7) is 0.504. The zero-order valence-electron chi connectivity index (χ0n) is 10.7. The molecular formula is C9H16ClF3N4OS. The molecule has 1 aromatic rings. The maximum Gasteiger partial charge on any atom is 0.451 e. The summed E-state index contributed by atoms with van der Waals surface area (Å²) in [6, 6.07) is 0. The molecule has 0 saturated carbocycles. The fraction of sp³-hybridized carbons (Fsp3) is 0.778. The highest BCUT2D eigenvalue weighted by Gasteiger charge is 2.35. The number of aliphatic hydroxyl groups excluding tert-OH is 1. The van der Waals surface area contributed by atoms with Gasteiger partial charge in [0, 0.05) is 5.75 Å². The van der Waals surface area contributed by atoms with Crippen molar-refractivity contribution in [2.45, 2.75) is 17.4 Å². The van der Waals surface area contributed by atoms with Gasteiger partial charge in [-0.2, -0.15) is 18.2 Å². The number of halogens is 4. The highest BCUT2D eigenvalue weighted by atomic mass is 35.5. The van der Waals surface area contributed by atoms with Crippen LogP contribution in [0, 0.1) is 0 Å². The van der Waals surface area contributed by atoms with Crippen LogP contribution in [0.25, 0.3) is 0 Å². The van der Waals surface area contributed by atoms with E-state index in [2.05, 4.69) is 10.1 Å². The van der Waals surface area contributed by atoms with Crippen LogP contribution < -0.4 is 12.4 Å². The lowest BCUT2D eigenvalue weighted by atomic mass is 10.3. The Morgan fingerprint density at radius 1 is 1.37 bits per heavy atom. The SMILES string of the molecule is C[N+](C)(C)CC(O)CSc1n[nH]c(C(F)(F)F)n1.[Cl-]. The van der Waals surface area contributed by atoms with E-state index in [-0.39, 0.29) is 23.3 Å². The predicted octanol–water partition coefficient (Wildman–Crippen LogP) is -2.01. The first-order valence-electron chi connectivity index (χ1n) is 5.19. The Balaban J connectivity index is 0.00000324. The Labute approximate surface area is 119 Å². The van der Waals surface area contributed by atoms with E-state index in [0.29, 0.717) is 11.0 Å². The van der Waals surface area contributed by atoms with E-state index in [1.54, 1.807) is 0 Å². The van der Waals surface area contributed by atoms with Gasteiger partial charge in [-0.25, -0.2) is 0 Å². The smallest absolute Gasteiger partial charge is 0.451 e. The van der Waals surface area contributed by atoms with Crippen molar-refractivity contribution >= 4 is 11.8 Å². The average molecular weight is 321 g/mol. The number of aliphatic hydroxyl groups is 1. The van der Waals surface area contributed by atoms with E-state index < -0.39 is 18.1 Å². The first-order chi connectivity index (χ1) is 8.08. The quantitative estimate of drug-likeness (QED) is 0.486. The van der Waals surface area contributed by atoms with Gasteiger partial charge in [-0.05, 0) is 0 Å². The average Bonchev–Trinajstić information content (AvgIpc) is 2.59. The van der Waals surface area contributed by atoms with Crippen molar-refractivity contribution in [1.82, 2.24) is 15.2 Å². The standard InChI is InChI=1S/C9H16F3N4OS.ClH/c1-16(2,3)4-6(17)5-18-8-13-7(14-15-8)9(10,11)12;/h6,17H,4-5H2,1-3H3,(H,13,14,15);1H/q+1;/p-1. The number of H-pyrrole nitrogens is 1. The third-order valence-electron chi connectivity index (χ3n) is 1.90. The van der Waals surface area contributed by atoms with Crippen LogP contribution in [0.1, 0.15) is 5.82 Å². The summed E-state index contributed by atoms with van der Waals surface area (Å²) in [5, 5.41) is 14.9. The Bertz CT molecular complexity index is 394. The molecule has 0 aliphatic rings. The van der Waals surface area contributed by atoms with Crippen LogP contribution >= 0.6 is 11.8 Å². The number of rotatable bonds is 5. The number of quaternary nitrogens is 1. The minimum atomic E-state index is -4.52. The zero-order valence-corrected chi connectivity index (χ0v) is 12.3. The van der Waals surface area contributed by atoms with E-state index in [1.807, 2.05) is 26.2 Å². The molecule has 5 nitrogen and oxygen atoms in total. The predicted molar refractivity (Wildman–Crippen MR) is 61.0 cm³/mol. The number of aromatic nitrogens is 3. The second kappa shape index (κ2) is 6.78. The third-order valence-corrected chi connectivity index (χ3v) is 2.89. The number of aromatic amines is 1. The largest absolute Gasteiger partial charge is 1.00 e. The molecule has 0 bridgehead atoms. The molecule has 0 radical (unpaired) electrons. The lowest BCUT2D eigenvalue weighted by molar-refractivity contribution is -0.873. The molecule has 0 amide bonds. The van der Waals surface area contributed by atoms with E-state index in [4.69, 9.17) is 0 Å². The van der Waals surface area contributed by atoms with E-state index in [0.717, 1.165) is 11.8 Å². The molecule has 0 aliphatic carbocycles. The first kappa shape index (κ1) is 18.5. The Morgan fingerprint density at radius 2 is 1.95 bits per heavy atom. The van der Waals surface area contributed by atoms with Gasteiger partial charge in [0.1, 0.15) is 12.6 Å². The third kappa shape index (κ3) is 7.00. The summed E-state index contributed by atoms with van der Waals surface area (Å²) in [5.41, 5.74) is 0. The number of hydrogen-bond donors (Lipinski definition) is 2. The van der Waals surface area contributed by atoms with E-state index in [9.17, 15) is 18.3 Å². The highest BCUT2D eigenvalue weighted by Crippen LogP contribution is 2.27. The summed E-state index contributed by atoms with van der Waals surface area (Å²) in [5.74, 6) is -0.865. The normalized spacial score (nSPS) is 14.1. The molecule has 19 heavy (non-hydrogen) atoms. The van der Waals surface area contributed by atoms with Crippen LogP contribution in [0.4, 0.5) is 13.2 Å². The molecule has 0 saturated heterocycles. The van der Waals surface area contributed by atoms with Crippen molar-refractivity contribution in [3.05, 3.63) is 5.82 Å². The summed E-state index contributed by atoms with van der Waals surface area (Å²) in [4.78, 5) is 3.31. The molecule has 1 heterocycles. The van der Waals surface area contributed by atoms with E-state index in [1.165, 1.54) is 0 Å². The molecule has 0 spiro atoms. The zero-order chi connectivity index (χ0) is 14.0. The van der Waals surface area contributed by atoms with Gasteiger partial charge in [0.25, 0.3) is 0 Å². The monoisotopic (exact) mass is 320 g/mol. The second-order valence-corrected chi connectivity index (χ2v) is 5.89. The van der Waals surface area contributed by atoms with Gasteiger partial charge in [-0.1, -0.05) is 11.8 Å². The van der Waals surface area contributed by atoms with Gasteiger partial charge in [0.2, 0.25) is 11.0 Å². The highest BCUT2D eigenvalue weighted by molar-refractivity contribution is 7.99. The van der Waals surface area contributed by atoms with Crippen LogP contribution in [-0.2, 0) is 6.18 Å². The molecule has 1 rings (SSSR count). The van der Waals surface area contributed by atoms with Crippen molar-refractivity contribution in [2.24, 2.45) is 0 Å². The Hall–Kier alpha value is -0.510. The number of nitrogens with one attached hydrogen (secondary N) is 1. The Morgan fingerprint density at radius 3 is 2.37 bits per heavy atom. The minimum absolute atomic E-state index is 0. The fourth-order valence-corrected chi connectivity index (χ4v) is 2.01. The molecule has 1 unspecified atom stereocenters. The van der Waals surface area contributed by atoms with Crippen molar-refractivity contribution in [3.63, 3.8) is 0 Å². The number of hydrogen-bond acceptors (Lipinski definition) is 4. The van der Waals surface area contributed by atoms with Gasteiger partial charge in [0.15, 0.2) is 0 Å². The van der Waals surface area contributed by atoms with Gasteiger partial charge >= 0.3 is 6.18 Å². The lowest BCUT2D eigenvalue weighted by Crippen LogP contribution is -3.00. The van der Waals surface area contributed by atoms with Crippen LogP contribution in [-0.4, -0.2) is 64.3 Å². The number of alkyl halides is 3. The Kier molecular flexibility index (Phi) is 6.60. The van der Waals surface area contributed by atoms with Gasteiger partial charge in [0.05, 0.1) is 21.1 Å². The van der Waals surface area contributed by atoms with Crippen molar-refractivity contribution in [3.8, 4) is 0 Å². The van der Waals surface area contributed by atoms with Gasteiger partial charge in [-0.3, -0.25) is 5.10 Å². The summed E-state index contributed by atoms with van der Waals surface area (Å²) in [6.07, 6.45) is -5.14. The lowest BCUT2D eigenvalue weighted by Gasteiger charge is -2.26. The van der Waals surface area contributed by atoms with Gasteiger partial charge < -0.3 is 22.0 Å². The molecule has 1 atom stereocenters. The first-order valence-corrected chi connectivity index (χ1v) is 6.17. The minimum Gasteiger partial charge on any atom is -1.00 e. The van der Waals surface area contributed by atoms with Crippen molar-refractivity contribution in [2.75, 3.05) is 33.4 Å². The molecule has 0 fully saturated rings. The molecule has 1 aromatic heterocycles. The van der Waals surface area contributed by atoms with Crippen LogP contribution in [0.5, 0.6) is 0 Å². The van der Waals surface area contributed by atoms with Crippen LogP contribution in [0.3, 0.4) is 0 Å². The van der Waals surface area contributed by atoms with Crippen molar-refractivity contribution in [1.29, 1.82) is 0 Å². The molecule has 0 aromatic carbocycles. The topological polar surface area (TPSA) is 61.8 Å². The molecular weight excluding hydrogens is 305 g/mol. The molecule has 2 N–H and O–H groups in total. The summed E-state index contributed by atoms with van der Waals surface area (Å²) >= 11 is 0.993. The summed E-state index contributed by atoms with van der Waals surface area (Å²) in [7, 11) is 5.76. The molecule has 10 heteroatoms. The van der Waals surface area contributed by atoms with Crippen LogP contribution in [0.2, 0.25) is 0 Å². The van der Waals surface area contributed by atoms with Gasteiger partial charge in [-0.15, -0.1) is 5.10 Å².